The Kier molecular flexibility index (Phi) is 5.15. The van der Waals surface area contributed by atoms with Gasteiger partial charge in [0.25, 0.3) is 5.69 Å². The van der Waals surface area contributed by atoms with E-state index in [2.05, 4.69) is 4.98 Å². The molecular weight excluding hydrogens is 396 g/mol. The fourth-order valence-corrected chi connectivity index (χ4v) is 4.94. The van der Waals surface area contributed by atoms with Crippen molar-refractivity contribution in [2.45, 2.75) is 10.9 Å². The molecule has 0 unspecified atom stereocenters. The number of rotatable bonds is 4. The molecule has 0 fully saturated rings. The van der Waals surface area contributed by atoms with E-state index in [1.807, 2.05) is 0 Å². The number of nitrogens with one attached hydrogen (secondary N) is 1. The largest absolute Gasteiger partial charge is 0.466 e. The summed E-state index contributed by atoms with van der Waals surface area (Å²) < 4.78 is 9.59. The van der Waals surface area contributed by atoms with E-state index in [9.17, 15) is 24.5 Å². The Balaban J connectivity index is 2.31. The summed E-state index contributed by atoms with van der Waals surface area (Å²) in [5.74, 6) is -2.44. The van der Waals surface area contributed by atoms with Crippen molar-refractivity contribution in [1.29, 1.82) is 0 Å². The third-order valence-corrected chi connectivity index (χ3v) is 6.03. The van der Waals surface area contributed by atoms with Gasteiger partial charge in [0.05, 0.1) is 40.5 Å². The zero-order valence-electron chi connectivity index (χ0n) is 14.0. The number of thioether (sulfide) groups is 1. The van der Waals surface area contributed by atoms with Crippen molar-refractivity contribution in [3.63, 3.8) is 0 Å². The van der Waals surface area contributed by atoms with Crippen LogP contribution in [0.15, 0.2) is 44.6 Å². The van der Waals surface area contributed by atoms with Gasteiger partial charge in [-0.1, -0.05) is 35.2 Å². The summed E-state index contributed by atoms with van der Waals surface area (Å²) in [6.45, 7) is 0. The molecule has 2 aromatic rings. The lowest BCUT2D eigenvalue weighted by Gasteiger charge is -2.25. The second-order valence-corrected chi connectivity index (χ2v) is 7.36. The van der Waals surface area contributed by atoms with Gasteiger partial charge in [-0.05, 0) is 5.56 Å². The van der Waals surface area contributed by atoms with Crippen molar-refractivity contribution in [3.8, 4) is 0 Å². The predicted molar refractivity (Wildman–Crippen MR) is 96.8 cm³/mol. The van der Waals surface area contributed by atoms with E-state index in [1.165, 1.54) is 25.3 Å². The maximum absolute atomic E-state index is 12.5. The number of H-pyrrole nitrogens is 1. The summed E-state index contributed by atoms with van der Waals surface area (Å²) in [7, 11) is 2.33. The Hall–Kier alpha value is -2.92. The molecule has 0 saturated heterocycles. The third kappa shape index (κ3) is 3.38. The molecule has 0 spiro atoms. The quantitative estimate of drug-likeness (QED) is 0.463. The van der Waals surface area contributed by atoms with Crippen LogP contribution in [0, 0.1) is 10.1 Å². The summed E-state index contributed by atoms with van der Waals surface area (Å²) in [6, 6.07) is 5.66. The molecule has 0 saturated carbocycles. The molecule has 1 atom stereocenters. The van der Waals surface area contributed by atoms with Crippen molar-refractivity contribution in [2.24, 2.45) is 0 Å². The highest BCUT2D eigenvalue weighted by Crippen LogP contribution is 2.49. The fraction of sp³-hybridized carbons (Fsp3) is 0.188. The summed E-state index contributed by atoms with van der Waals surface area (Å²) in [5.41, 5.74) is 0.166. The summed E-state index contributed by atoms with van der Waals surface area (Å²) in [6.07, 6.45) is 0. The number of nitro groups is 1. The molecule has 2 heterocycles. The van der Waals surface area contributed by atoms with Crippen LogP contribution in [0.5, 0.6) is 0 Å². The zero-order chi connectivity index (χ0) is 19.7. The minimum absolute atomic E-state index is 0.0300. The first-order valence-electron chi connectivity index (χ1n) is 7.43. The molecular formula is C16H12N2O7S2. The number of benzene rings is 1. The van der Waals surface area contributed by atoms with Crippen LogP contribution in [-0.2, 0) is 19.1 Å². The number of carbonyl (C=O) groups is 2. The molecule has 11 heteroatoms. The van der Waals surface area contributed by atoms with Crippen LogP contribution in [0.4, 0.5) is 5.69 Å². The second kappa shape index (κ2) is 7.37. The van der Waals surface area contributed by atoms with Crippen LogP contribution in [0.2, 0.25) is 0 Å². The third-order valence-electron chi connectivity index (χ3n) is 3.83. The number of ether oxygens (including phenoxy) is 2. The van der Waals surface area contributed by atoms with Gasteiger partial charge in [-0.15, -0.1) is 0 Å². The normalized spacial score (nSPS) is 15.9. The molecule has 1 N–H and O–H groups in total. The Labute approximate surface area is 160 Å². The average Bonchev–Trinajstić information content (AvgIpc) is 3.04. The van der Waals surface area contributed by atoms with E-state index in [4.69, 9.17) is 9.47 Å². The van der Waals surface area contributed by atoms with Gasteiger partial charge in [0.1, 0.15) is 4.91 Å². The number of nitro benzene ring substituents is 1. The zero-order valence-corrected chi connectivity index (χ0v) is 15.6. The smallest absolute Gasteiger partial charge is 0.345 e. The van der Waals surface area contributed by atoms with Crippen molar-refractivity contribution in [2.75, 3.05) is 14.2 Å². The number of hydrogen-bond acceptors (Lipinski definition) is 9. The first-order chi connectivity index (χ1) is 12.9. The van der Waals surface area contributed by atoms with Crippen LogP contribution in [0.25, 0.3) is 0 Å². The molecule has 3 rings (SSSR count). The van der Waals surface area contributed by atoms with Crippen LogP contribution in [0.3, 0.4) is 0 Å². The second-order valence-electron chi connectivity index (χ2n) is 5.32. The topological polar surface area (TPSA) is 129 Å². The number of nitrogens with zero attached hydrogens (tertiary/aromatic N) is 1. The van der Waals surface area contributed by atoms with Gasteiger partial charge in [0.2, 0.25) is 0 Å². The Morgan fingerprint density at radius 2 is 1.93 bits per heavy atom. The number of methoxy groups -OCH3 is 2. The van der Waals surface area contributed by atoms with E-state index in [0.717, 1.165) is 30.2 Å². The maximum Gasteiger partial charge on any atom is 0.345 e. The van der Waals surface area contributed by atoms with E-state index in [0.29, 0.717) is 15.5 Å². The first kappa shape index (κ1) is 18.9. The van der Waals surface area contributed by atoms with E-state index in [1.54, 1.807) is 6.07 Å². The van der Waals surface area contributed by atoms with E-state index < -0.39 is 22.8 Å². The predicted octanol–water partition coefficient (Wildman–Crippen LogP) is 2.18. The van der Waals surface area contributed by atoms with Gasteiger partial charge in [0, 0.05) is 12.1 Å². The van der Waals surface area contributed by atoms with Gasteiger partial charge in [0.15, 0.2) is 0 Å². The molecule has 0 amide bonds. The molecule has 140 valence electrons. The van der Waals surface area contributed by atoms with E-state index >= 15 is 0 Å². The molecule has 1 aromatic carbocycles. The number of thiazole rings is 1. The molecule has 27 heavy (non-hydrogen) atoms. The number of carbonyl (C=O) groups excluding carboxylic acids is 2. The summed E-state index contributed by atoms with van der Waals surface area (Å²) >= 11 is 1.76. The van der Waals surface area contributed by atoms with E-state index in [-0.39, 0.29) is 21.0 Å². The highest BCUT2D eigenvalue weighted by atomic mass is 32.2. The fourth-order valence-electron chi connectivity index (χ4n) is 2.71. The summed E-state index contributed by atoms with van der Waals surface area (Å²) in [5, 5.41) is 11.5. The van der Waals surface area contributed by atoms with Crippen molar-refractivity contribution < 1.29 is 24.0 Å². The molecule has 0 radical (unpaired) electrons. The van der Waals surface area contributed by atoms with Crippen molar-refractivity contribution >= 4 is 40.7 Å². The lowest BCUT2D eigenvalue weighted by molar-refractivity contribution is -0.384. The van der Waals surface area contributed by atoms with Crippen LogP contribution in [-0.4, -0.2) is 36.1 Å². The van der Waals surface area contributed by atoms with Crippen LogP contribution in [0.1, 0.15) is 16.4 Å². The minimum Gasteiger partial charge on any atom is -0.466 e. The monoisotopic (exact) mass is 408 g/mol. The lowest BCUT2D eigenvalue weighted by atomic mass is 9.88. The molecule has 0 bridgehead atoms. The number of fused-ring (bicyclic) bond motifs is 1. The van der Waals surface area contributed by atoms with Crippen LogP contribution < -0.4 is 4.87 Å². The van der Waals surface area contributed by atoms with Crippen molar-refractivity contribution in [3.05, 3.63) is 65.0 Å². The van der Waals surface area contributed by atoms with Gasteiger partial charge in [-0.2, -0.15) is 0 Å². The molecule has 9 nitrogen and oxygen atoms in total. The van der Waals surface area contributed by atoms with Gasteiger partial charge in [-0.25, -0.2) is 9.59 Å². The Morgan fingerprint density at radius 1 is 1.22 bits per heavy atom. The molecule has 0 aliphatic carbocycles. The minimum atomic E-state index is -0.883. The first-order valence-corrected chi connectivity index (χ1v) is 9.06. The molecule has 1 aliphatic heterocycles. The number of esters is 2. The lowest BCUT2D eigenvalue weighted by Crippen LogP contribution is -2.22. The highest BCUT2D eigenvalue weighted by Gasteiger charge is 2.40. The van der Waals surface area contributed by atoms with Gasteiger partial charge in [-0.3, -0.25) is 14.9 Å². The Bertz CT molecular complexity index is 1040. The molecule has 1 aromatic heterocycles. The average molecular weight is 408 g/mol. The molecule has 1 aliphatic rings. The number of aromatic nitrogens is 1. The number of non-ortho nitro benzene ring substituents is 1. The summed E-state index contributed by atoms with van der Waals surface area (Å²) in [4.78, 5) is 49.9. The van der Waals surface area contributed by atoms with Gasteiger partial charge >= 0.3 is 16.8 Å². The SMILES string of the molecule is COC(=O)C1=C(C(=O)OC)[C@@H](c2cccc([N+](=O)[O-])c2)c2sc(=O)[nH]c2S1. The number of aromatic amines is 1. The standard InChI is InChI=1S/C16H12N2O7S2/c1-24-14(19)10-9(7-4-3-5-8(6-7)18(22)23)11-13(17-16(21)27-11)26-12(10)15(20)25-2/h3-6,9H,1-2H3,(H,17,21)/t9-/m1/s1. The Morgan fingerprint density at radius 3 is 2.56 bits per heavy atom. The maximum atomic E-state index is 12.5. The van der Waals surface area contributed by atoms with Crippen molar-refractivity contribution in [1.82, 2.24) is 4.98 Å². The van der Waals surface area contributed by atoms with Crippen LogP contribution >= 0.6 is 23.1 Å². The highest BCUT2D eigenvalue weighted by molar-refractivity contribution is 8.04. The number of hydrogen-bond donors (Lipinski definition) is 1. The van der Waals surface area contributed by atoms with Gasteiger partial charge < -0.3 is 14.5 Å².